The summed E-state index contributed by atoms with van der Waals surface area (Å²) in [6, 6.07) is 14.5. The molecule has 34 heavy (non-hydrogen) atoms. The van der Waals surface area contributed by atoms with Gasteiger partial charge in [-0.25, -0.2) is 4.39 Å². The summed E-state index contributed by atoms with van der Waals surface area (Å²) in [7, 11) is 2.17. The number of nitrogens with one attached hydrogen (secondary N) is 1. The highest BCUT2D eigenvalue weighted by atomic mass is 19.1. The van der Waals surface area contributed by atoms with Crippen molar-refractivity contribution in [3.05, 3.63) is 71.0 Å². The van der Waals surface area contributed by atoms with Gasteiger partial charge < -0.3 is 19.9 Å². The molecule has 1 aromatic rings. The highest BCUT2D eigenvalue weighted by Gasteiger charge is 2.26. The number of hydrogen-bond donors (Lipinski definition) is 1. The van der Waals surface area contributed by atoms with E-state index >= 15 is 0 Å². The Morgan fingerprint density at radius 1 is 1.06 bits per heavy atom. The summed E-state index contributed by atoms with van der Waals surface area (Å²) in [5, 5.41) is 2.83. The van der Waals surface area contributed by atoms with Gasteiger partial charge in [-0.3, -0.25) is 4.79 Å². The van der Waals surface area contributed by atoms with Gasteiger partial charge in [-0.15, -0.1) is 0 Å². The molecule has 0 unspecified atom stereocenters. The number of ether oxygens (including phenoxy) is 1. The number of aryl methyl sites for hydroxylation is 1. The summed E-state index contributed by atoms with van der Waals surface area (Å²) in [5.41, 5.74) is 5.79. The lowest BCUT2D eigenvalue weighted by Gasteiger charge is -2.32. The first-order valence-corrected chi connectivity index (χ1v) is 11.9. The van der Waals surface area contributed by atoms with Gasteiger partial charge in [-0.1, -0.05) is 24.3 Å². The quantitative estimate of drug-likeness (QED) is 0.427. The Labute approximate surface area is 200 Å². The van der Waals surface area contributed by atoms with Crippen molar-refractivity contribution in [2.75, 3.05) is 51.7 Å². The smallest absolute Gasteiger partial charge is 0.256 e. The van der Waals surface area contributed by atoms with Gasteiger partial charge in [-0.05, 0) is 67.4 Å². The van der Waals surface area contributed by atoms with Gasteiger partial charge in [0.15, 0.2) is 0 Å². The lowest BCUT2D eigenvalue weighted by atomic mass is 10.0. The summed E-state index contributed by atoms with van der Waals surface area (Å²) in [6.07, 6.45) is 2.83. The minimum atomic E-state index is -0.358. The second-order valence-electron chi connectivity index (χ2n) is 9.20. The average Bonchev–Trinajstić information content (AvgIpc) is 3.18. The maximum Gasteiger partial charge on any atom is 0.256 e. The van der Waals surface area contributed by atoms with Crippen molar-refractivity contribution in [3.63, 3.8) is 0 Å². The first-order valence-electron chi connectivity index (χ1n) is 11.9. The number of rotatable bonds is 6. The van der Waals surface area contributed by atoms with Gasteiger partial charge in [0.2, 0.25) is 0 Å². The number of hydrogen-bond acceptors (Lipinski definition) is 4. The Morgan fingerprint density at radius 2 is 1.85 bits per heavy atom. The maximum absolute atomic E-state index is 13.9. The molecule has 5 rings (SSSR count). The first kappa shape index (κ1) is 22.6. The third kappa shape index (κ3) is 4.56. The fourth-order valence-corrected chi connectivity index (χ4v) is 4.87. The minimum absolute atomic E-state index is 0.215. The summed E-state index contributed by atoms with van der Waals surface area (Å²) in [5.74, 6) is 0.277. The number of benzene rings is 1. The van der Waals surface area contributed by atoms with Gasteiger partial charge in [-0.2, -0.15) is 0 Å². The lowest BCUT2D eigenvalue weighted by molar-refractivity contribution is -0.110. The van der Waals surface area contributed by atoms with E-state index in [9.17, 15) is 9.18 Å². The molecule has 0 saturated carbocycles. The number of carbonyl (C=O) groups excluding carboxylic acids is 1. The van der Waals surface area contributed by atoms with Crippen molar-refractivity contribution in [1.82, 2.24) is 9.80 Å². The molecule has 5 nitrogen and oxygen atoms in total. The molecule has 0 bridgehead atoms. The molecule has 0 atom stereocenters. The minimum Gasteiger partial charge on any atom is -0.493 e. The molecule has 176 valence electrons. The first-order chi connectivity index (χ1) is 16.5. The molecule has 1 aromatic carbocycles. The zero-order chi connectivity index (χ0) is 23.7. The Hall–Kier alpha value is -3.22. The molecule has 1 N–H and O–H groups in total. The summed E-state index contributed by atoms with van der Waals surface area (Å²) in [4.78, 5) is 17.5. The Kier molecular flexibility index (Phi) is 6.35. The number of likely N-dealkylation sites (N-methyl/N-ethyl adjacent to an activating group) is 1. The summed E-state index contributed by atoms with van der Waals surface area (Å²) < 4.78 is 20.1. The zero-order valence-corrected chi connectivity index (χ0v) is 19.7. The SMILES string of the molecule is Cc1cc(/C=C2/C(=O)Nc3ccc(F)cc32)c2ccccc(OCCCN3CCN(C)CC3)c1-2. The van der Waals surface area contributed by atoms with Crippen LogP contribution in [0.25, 0.3) is 22.8 Å². The van der Waals surface area contributed by atoms with Crippen LogP contribution in [0, 0.1) is 12.7 Å². The maximum atomic E-state index is 13.9. The van der Waals surface area contributed by atoms with Crippen molar-refractivity contribution in [3.8, 4) is 16.9 Å². The van der Waals surface area contributed by atoms with Crippen LogP contribution in [-0.2, 0) is 4.79 Å². The van der Waals surface area contributed by atoms with E-state index in [1.54, 1.807) is 6.07 Å². The Bertz CT molecular complexity index is 1210. The van der Waals surface area contributed by atoms with Crippen LogP contribution in [0.1, 0.15) is 23.1 Å². The van der Waals surface area contributed by atoms with Gasteiger partial charge >= 0.3 is 0 Å². The van der Waals surface area contributed by atoms with Crippen molar-refractivity contribution >= 4 is 23.2 Å². The van der Waals surface area contributed by atoms with Gasteiger partial charge in [0.1, 0.15) is 11.6 Å². The number of fused-ring (bicyclic) bond motifs is 2. The van der Waals surface area contributed by atoms with Gasteiger partial charge in [0, 0.05) is 55.1 Å². The number of nitrogens with zero attached hydrogens (tertiary/aromatic N) is 2. The molecule has 2 aliphatic carbocycles. The molecule has 2 heterocycles. The van der Waals surface area contributed by atoms with E-state index in [1.807, 2.05) is 30.3 Å². The Morgan fingerprint density at radius 3 is 2.68 bits per heavy atom. The topological polar surface area (TPSA) is 44.8 Å². The van der Waals surface area contributed by atoms with Crippen molar-refractivity contribution in [2.24, 2.45) is 0 Å². The number of amides is 1. The fraction of sp³-hybridized carbons (Fsp3) is 0.321. The van der Waals surface area contributed by atoms with Crippen LogP contribution >= 0.6 is 0 Å². The summed E-state index contributed by atoms with van der Waals surface area (Å²) in [6.45, 7) is 8.22. The predicted molar refractivity (Wildman–Crippen MR) is 135 cm³/mol. The third-order valence-electron chi connectivity index (χ3n) is 6.75. The number of halogens is 1. The molecule has 4 aliphatic rings. The van der Waals surface area contributed by atoms with Crippen LogP contribution in [-0.4, -0.2) is 62.1 Å². The predicted octanol–water partition coefficient (Wildman–Crippen LogP) is 4.75. The van der Waals surface area contributed by atoms with E-state index < -0.39 is 0 Å². The molecule has 1 saturated heterocycles. The lowest BCUT2D eigenvalue weighted by Crippen LogP contribution is -2.44. The molecule has 1 fully saturated rings. The molecule has 2 aliphatic heterocycles. The largest absolute Gasteiger partial charge is 0.493 e. The Balaban J connectivity index is 1.35. The second kappa shape index (κ2) is 9.57. The standard InChI is InChI=1S/C28H30FN3O2/c1-19-16-20(17-24-23-18-21(29)8-9-25(23)30-28(24)33)22-6-3-4-7-26(27(19)22)34-15-5-10-32-13-11-31(2)12-14-32/h3-4,6-9,16-18H,5,10-15H2,1-2H3,(H,30,33)/b24-17+. The zero-order valence-electron chi connectivity index (χ0n) is 19.7. The number of carbonyl (C=O) groups is 1. The van der Waals surface area contributed by atoms with Crippen LogP contribution in [0.2, 0.25) is 0 Å². The van der Waals surface area contributed by atoms with Crippen molar-refractivity contribution < 1.29 is 13.9 Å². The number of piperazine rings is 1. The summed E-state index contributed by atoms with van der Waals surface area (Å²) >= 11 is 0. The van der Waals surface area contributed by atoms with Crippen molar-refractivity contribution in [1.29, 1.82) is 0 Å². The van der Waals surface area contributed by atoms with Crippen LogP contribution in [0.5, 0.6) is 5.75 Å². The second-order valence-corrected chi connectivity index (χ2v) is 9.20. The highest BCUT2D eigenvalue weighted by Crippen LogP contribution is 2.41. The normalized spacial score (nSPS) is 17.9. The van der Waals surface area contributed by atoms with E-state index in [4.69, 9.17) is 4.74 Å². The van der Waals surface area contributed by atoms with Crippen LogP contribution in [0.15, 0.2) is 48.5 Å². The van der Waals surface area contributed by atoms with Crippen LogP contribution in [0.3, 0.4) is 0 Å². The number of anilines is 1. The molecule has 1 amide bonds. The fourth-order valence-electron chi connectivity index (χ4n) is 4.87. The van der Waals surface area contributed by atoms with E-state index in [2.05, 4.69) is 35.2 Å². The van der Waals surface area contributed by atoms with Crippen LogP contribution in [0.4, 0.5) is 10.1 Å². The van der Waals surface area contributed by atoms with Crippen molar-refractivity contribution in [2.45, 2.75) is 13.3 Å². The highest BCUT2D eigenvalue weighted by molar-refractivity contribution is 6.35. The van der Waals surface area contributed by atoms with Gasteiger partial charge in [0.25, 0.3) is 5.91 Å². The van der Waals surface area contributed by atoms with E-state index in [1.165, 1.54) is 12.1 Å². The molecular weight excluding hydrogens is 429 g/mol. The van der Waals surface area contributed by atoms with E-state index in [-0.39, 0.29) is 11.7 Å². The monoisotopic (exact) mass is 459 g/mol. The molecule has 6 heteroatoms. The molecule has 0 spiro atoms. The van der Waals surface area contributed by atoms with Crippen LogP contribution < -0.4 is 10.1 Å². The molecule has 0 radical (unpaired) electrons. The average molecular weight is 460 g/mol. The molecular formula is C28H30FN3O2. The third-order valence-corrected chi connectivity index (χ3v) is 6.75. The molecule has 0 aromatic heterocycles. The van der Waals surface area contributed by atoms with Gasteiger partial charge in [0.05, 0.1) is 6.61 Å². The van der Waals surface area contributed by atoms with E-state index in [0.29, 0.717) is 23.4 Å². The van der Waals surface area contributed by atoms with E-state index in [0.717, 1.165) is 67.1 Å².